The van der Waals surface area contributed by atoms with Gasteiger partial charge in [-0.15, -0.1) is 0 Å². The van der Waals surface area contributed by atoms with Gasteiger partial charge in [0.2, 0.25) is 0 Å². The van der Waals surface area contributed by atoms with Gasteiger partial charge < -0.3 is 0 Å². The van der Waals surface area contributed by atoms with E-state index in [1.54, 1.807) is 42.5 Å². The lowest BCUT2D eigenvalue weighted by atomic mass is 9.81. The summed E-state index contributed by atoms with van der Waals surface area (Å²) in [7, 11) is 0. The Morgan fingerprint density at radius 3 is 2.03 bits per heavy atom. The first-order valence-corrected chi connectivity index (χ1v) is 13.8. The minimum Gasteiger partial charge on any atom is -0.292 e. The highest BCUT2D eigenvalue weighted by Crippen LogP contribution is 2.60. The van der Waals surface area contributed by atoms with Gasteiger partial charge in [0.25, 0.3) is 17.7 Å². The lowest BCUT2D eigenvalue weighted by Crippen LogP contribution is -2.57. The van der Waals surface area contributed by atoms with Gasteiger partial charge in [-0.2, -0.15) is 5.01 Å². The van der Waals surface area contributed by atoms with Crippen LogP contribution < -0.4 is 0 Å². The number of fused-ring (bicyclic) bond motifs is 5. The molecule has 3 fully saturated rings. The van der Waals surface area contributed by atoms with Crippen LogP contribution in [0.2, 0.25) is 10.0 Å². The van der Waals surface area contributed by atoms with Crippen molar-refractivity contribution in [3.63, 3.8) is 0 Å². The molecule has 2 saturated carbocycles. The molecule has 2 aliphatic carbocycles. The standard InChI is InChI=1S/C25H20Br2Cl2N2O4/c1-11(22(32)12-6-8-13(28)9-7-12)30(23(33)14-4-2-3-5-17(14)29)31-24(34)18-15-10-16(19(18)25(31)35)21(27)20(15)26/h2-9,11,15-16,18-21H,10H2,1H3/t11-,15-,16-,18-,19+,20+,21+/m1/s1. The average Bonchev–Trinajstić information content (AvgIpc) is 3.45. The number of rotatable bonds is 5. The third-order valence-corrected chi connectivity index (χ3v) is 11.2. The molecule has 0 spiro atoms. The fraction of sp³-hybridized carbons (Fsp3) is 0.360. The van der Waals surface area contributed by atoms with Crippen molar-refractivity contribution in [1.29, 1.82) is 0 Å². The zero-order valence-electron chi connectivity index (χ0n) is 18.4. The number of amides is 3. The summed E-state index contributed by atoms with van der Waals surface area (Å²) in [6.45, 7) is 1.51. The van der Waals surface area contributed by atoms with Crippen LogP contribution in [0.4, 0.5) is 0 Å². The Balaban J connectivity index is 1.56. The largest absolute Gasteiger partial charge is 0.292 e. The first-order valence-electron chi connectivity index (χ1n) is 11.2. The predicted molar refractivity (Wildman–Crippen MR) is 139 cm³/mol. The number of halogens is 4. The summed E-state index contributed by atoms with van der Waals surface area (Å²) in [6.07, 6.45) is 0.754. The van der Waals surface area contributed by atoms with E-state index in [0.717, 1.165) is 16.4 Å². The maximum atomic E-state index is 13.8. The van der Waals surface area contributed by atoms with E-state index in [1.807, 2.05) is 0 Å². The topological polar surface area (TPSA) is 74.8 Å². The van der Waals surface area contributed by atoms with Crippen LogP contribution in [-0.2, 0) is 9.59 Å². The maximum absolute atomic E-state index is 13.8. The molecule has 3 amide bonds. The van der Waals surface area contributed by atoms with Crippen molar-refractivity contribution in [1.82, 2.24) is 10.0 Å². The van der Waals surface area contributed by atoms with E-state index in [-0.39, 0.29) is 32.1 Å². The van der Waals surface area contributed by atoms with Crippen molar-refractivity contribution in [3.05, 3.63) is 69.7 Å². The molecule has 0 radical (unpaired) electrons. The Morgan fingerprint density at radius 1 is 0.943 bits per heavy atom. The molecule has 5 rings (SSSR count). The van der Waals surface area contributed by atoms with Gasteiger partial charge in [0.05, 0.1) is 22.4 Å². The molecule has 1 saturated heterocycles. The number of benzene rings is 2. The fourth-order valence-electron chi connectivity index (χ4n) is 5.71. The molecule has 10 heteroatoms. The molecule has 35 heavy (non-hydrogen) atoms. The normalized spacial score (nSPS) is 29.9. The monoisotopic (exact) mass is 640 g/mol. The summed E-state index contributed by atoms with van der Waals surface area (Å²) >= 11 is 19.6. The zero-order chi connectivity index (χ0) is 25.2. The number of nitrogens with zero attached hydrogens (tertiary/aromatic N) is 2. The summed E-state index contributed by atoms with van der Waals surface area (Å²) in [6, 6.07) is 11.5. The number of ketones is 1. The quantitative estimate of drug-likeness (QED) is 0.249. The molecule has 2 aromatic rings. The first-order chi connectivity index (χ1) is 16.6. The third-order valence-electron chi connectivity index (χ3n) is 7.37. The summed E-state index contributed by atoms with van der Waals surface area (Å²) in [4.78, 5) is 54.8. The molecule has 0 N–H and O–H groups in total. The van der Waals surface area contributed by atoms with Crippen molar-refractivity contribution >= 4 is 78.6 Å². The molecular formula is C25H20Br2Cl2N2O4. The molecule has 2 aromatic carbocycles. The van der Waals surface area contributed by atoms with Gasteiger partial charge in [0, 0.05) is 20.2 Å². The Kier molecular flexibility index (Phi) is 6.62. The Morgan fingerprint density at radius 2 is 1.49 bits per heavy atom. The highest BCUT2D eigenvalue weighted by Gasteiger charge is 2.68. The van der Waals surface area contributed by atoms with Crippen molar-refractivity contribution < 1.29 is 19.2 Å². The number of Topliss-reactive ketones (excluding diaryl/α,β-unsaturated/α-hetero) is 1. The summed E-state index contributed by atoms with van der Waals surface area (Å²) in [5.74, 6) is -3.16. The number of hydrogen-bond acceptors (Lipinski definition) is 4. The van der Waals surface area contributed by atoms with Crippen LogP contribution in [0.15, 0.2) is 48.5 Å². The van der Waals surface area contributed by atoms with Gasteiger partial charge in [0.1, 0.15) is 6.04 Å². The van der Waals surface area contributed by atoms with Crippen molar-refractivity contribution in [2.24, 2.45) is 23.7 Å². The molecule has 7 atom stereocenters. The molecule has 0 unspecified atom stereocenters. The van der Waals surface area contributed by atoms with Crippen molar-refractivity contribution in [2.75, 3.05) is 0 Å². The van der Waals surface area contributed by atoms with Gasteiger partial charge >= 0.3 is 0 Å². The Hall–Kier alpha value is -1.74. The summed E-state index contributed by atoms with van der Waals surface area (Å²) < 4.78 is 0. The second-order valence-corrected chi connectivity index (χ2v) is 12.1. The van der Waals surface area contributed by atoms with E-state index in [9.17, 15) is 19.2 Å². The lowest BCUT2D eigenvalue weighted by molar-refractivity contribution is -0.157. The van der Waals surface area contributed by atoms with E-state index >= 15 is 0 Å². The van der Waals surface area contributed by atoms with Gasteiger partial charge in [-0.3, -0.25) is 19.2 Å². The van der Waals surface area contributed by atoms with Crippen LogP contribution in [0.3, 0.4) is 0 Å². The SMILES string of the molecule is C[C@H](C(=O)c1ccc(Cl)cc1)N(C(=O)c1ccccc1Cl)N1C(=O)[C@@H]2[C@H]3C[C@@H]([C@H](Br)[C@H]3Br)[C@@H]2C1=O. The number of imide groups is 1. The van der Waals surface area contributed by atoms with Crippen LogP contribution in [0.25, 0.3) is 0 Å². The van der Waals surface area contributed by atoms with E-state index in [1.165, 1.54) is 13.0 Å². The zero-order valence-corrected chi connectivity index (χ0v) is 23.1. The van der Waals surface area contributed by atoms with Gasteiger partial charge in [-0.05, 0) is 61.6 Å². The second kappa shape index (κ2) is 9.29. The van der Waals surface area contributed by atoms with Crippen LogP contribution in [0.1, 0.15) is 34.1 Å². The van der Waals surface area contributed by atoms with E-state index in [2.05, 4.69) is 31.9 Å². The molecule has 1 heterocycles. The van der Waals surface area contributed by atoms with E-state index in [4.69, 9.17) is 23.2 Å². The predicted octanol–water partition coefficient (Wildman–Crippen LogP) is 5.40. The highest BCUT2D eigenvalue weighted by molar-refractivity contribution is 9.12. The number of hydrogen-bond donors (Lipinski definition) is 0. The number of alkyl halides is 2. The van der Waals surface area contributed by atoms with Gasteiger partial charge in [0.15, 0.2) is 5.78 Å². The molecular weight excluding hydrogens is 623 g/mol. The smallest absolute Gasteiger partial charge is 0.275 e. The average molecular weight is 643 g/mol. The lowest BCUT2D eigenvalue weighted by Gasteiger charge is -2.35. The minimum absolute atomic E-state index is 0.0321. The van der Waals surface area contributed by atoms with Gasteiger partial charge in [-0.1, -0.05) is 67.2 Å². The summed E-state index contributed by atoms with van der Waals surface area (Å²) in [5.41, 5.74) is 0.404. The van der Waals surface area contributed by atoms with Crippen LogP contribution in [-0.4, -0.2) is 49.2 Å². The van der Waals surface area contributed by atoms with E-state index < -0.39 is 41.4 Å². The third kappa shape index (κ3) is 3.88. The van der Waals surface area contributed by atoms with Crippen LogP contribution in [0, 0.1) is 23.7 Å². The molecule has 6 nitrogen and oxygen atoms in total. The van der Waals surface area contributed by atoms with Crippen molar-refractivity contribution in [3.8, 4) is 0 Å². The number of hydrazine groups is 1. The second-order valence-electron chi connectivity index (χ2n) is 9.17. The summed E-state index contributed by atoms with van der Waals surface area (Å²) in [5, 5.41) is 2.52. The minimum atomic E-state index is -1.15. The Bertz CT molecular complexity index is 1210. The first kappa shape index (κ1) is 24.9. The fourth-order valence-corrected chi connectivity index (χ4v) is 7.93. The highest BCUT2D eigenvalue weighted by atomic mass is 79.9. The number of carbonyl (C=O) groups excluding carboxylic acids is 4. The molecule has 2 bridgehead atoms. The van der Waals surface area contributed by atoms with E-state index in [0.29, 0.717) is 10.6 Å². The van der Waals surface area contributed by atoms with Crippen LogP contribution in [0.5, 0.6) is 0 Å². The van der Waals surface area contributed by atoms with Gasteiger partial charge in [-0.25, -0.2) is 5.01 Å². The van der Waals surface area contributed by atoms with Crippen molar-refractivity contribution in [2.45, 2.75) is 29.0 Å². The Labute approximate surface area is 229 Å². The molecule has 0 aromatic heterocycles. The number of carbonyl (C=O) groups is 4. The molecule has 1 aliphatic heterocycles. The maximum Gasteiger partial charge on any atom is 0.275 e. The van der Waals surface area contributed by atoms with Crippen LogP contribution >= 0.6 is 55.1 Å². The molecule has 182 valence electrons. The molecule has 3 aliphatic rings.